The Morgan fingerprint density at radius 3 is 2.73 bits per heavy atom. The highest BCUT2D eigenvalue weighted by atomic mass is 16.5. The molecule has 2 fully saturated rings. The molecule has 1 aromatic heterocycles. The number of nitrogen functional groups attached to an aromatic ring is 1. The van der Waals surface area contributed by atoms with Crippen LogP contribution < -0.4 is 10.6 Å². The molecule has 0 aliphatic carbocycles. The Balaban J connectivity index is 1.74. The summed E-state index contributed by atoms with van der Waals surface area (Å²) >= 11 is 0. The monoisotopic (exact) mass is 306 g/mol. The molecule has 0 radical (unpaired) electrons. The van der Waals surface area contributed by atoms with Crippen LogP contribution >= 0.6 is 0 Å². The van der Waals surface area contributed by atoms with Crippen molar-refractivity contribution >= 4 is 11.8 Å². The van der Waals surface area contributed by atoms with Gasteiger partial charge in [-0.3, -0.25) is 0 Å². The van der Waals surface area contributed by atoms with Gasteiger partial charge in [0.1, 0.15) is 5.82 Å². The molecule has 0 amide bonds. The molecule has 0 bridgehead atoms. The number of nitrogens with two attached hydrogens (primary N) is 1. The zero-order valence-electron chi connectivity index (χ0n) is 13.5. The van der Waals surface area contributed by atoms with E-state index >= 15 is 0 Å². The number of aliphatic hydroxyl groups is 1. The quantitative estimate of drug-likeness (QED) is 0.865. The molecule has 1 aromatic rings. The van der Waals surface area contributed by atoms with Crippen molar-refractivity contribution in [1.82, 2.24) is 9.97 Å². The van der Waals surface area contributed by atoms with Crippen LogP contribution in [0.1, 0.15) is 51.1 Å². The molecule has 3 rings (SSSR count). The molecule has 0 unspecified atom stereocenters. The van der Waals surface area contributed by atoms with Gasteiger partial charge in [-0.2, -0.15) is 4.98 Å². The normalized spacial score (nSPS) is 24.9. The Morgan fingerprint density at radius 1 is 1.36 bits per heavy atom. The standard InChI is InChI=1S/C16H26N4O2/c1-11(2)12-10-14(19-15(17)18-12)20-7-5-16(6-8-20)13(21)4-3-9-22-16/h10-11,13,21H,3-9H2,1-2H3,(H2,17,18,19)/t13-/m1/s1. The van der Waals surface area contributed by atoms with Gasteiger partial charge >= 0.3 is 0 Å². The minimum absolute atomic E-state index is 0.323. The van der Waals surface area contributed by atoms with E-state index in [1.54, 1.807) is 0 Å². The maximum Gasteiger partial charge on any atom is 0.222 e. The van der Waals surface area contributed by atoms with Crippen molar-refractivity contribution in [2.75, 3.05) is 30.3 Å². The molecular formula is C16H26N4O2. The minimum atomic E-state index is -0.353. The average molecular weight is 306 g/mol. The van der Waals surface area contributed by atoms with Gasteiger partial charge in [0.25, 0.3) is 0 Å². The molecule has 22 heavy (non-hydrogen) atoms. The van der Waals surface area contributed by atoms with Crippen LogP contribution in [0, 0.1) is 0 Å². The van der Waals surface area contributed by atoms with E-state index in [9.17, 15) is 5.11 Å². The molecule has 2 aliphatic heterocycles. The molecule has 6 nitrogen and oxygen atoms in total. The highest BCUT2D eigenvalue weighted by Crippen LogP contribution is 2.36. The predicted molar refractivity (Wildman–Crippen MR) is 85.9 cm³/mol. The summed E-state index contributed by atoms with van der Waals surface area (Å²) in [5.41, 5.74) is 6.46. The molecule has 1 atom stereocenters. The smallest absolute Gasteiger partial charge is 0.222 e. The third-order valence-corrected chi connectivity index (χ3v) is 4.89. The van der Waals surface area contributed by atoms with Crippen LogP contribution in [0.15, 0.2) is 6.07 Å². The Kier molecular flexibility index (Phi) is 4.23. The highest BCUT2D eigenvalue weighted by Gasteiger charge is 2.43. The number of anilines is 2. The van der Waals surface area contributed by atoms with Crippen molar-refractivity contribution in [2.45, 2.75) is 57.2 Å². The van der Waals surface area contributed by atoms with Crippen LogP contribution in [0.25, 0.3) is 0 Å². The maximum absolute atomic E-state index is 10.3. The lowest BCUT2D eigenvalue weighted by Gasteiger charge is -2.47. The van der Waals surface area contributed by atoms with E-state index in [1.807, 2.05) is 6.07 Å². The van der Waals surface area contributed by atoms with Gasteiger partial charge in [0, 0.05) is 25.8 Å². The maximum atomic E-state index is 10.3. The lowest BCUT2D eigenvalue weighted by atomic mass is 9.82. The molecule has 1 spiro atoms. The molecule has 122 valence electrons. The third-order valence-electron chi connectivity index (χ3n) is 4.89. The fraction of sp³-hybridized carbons (Fsp3) is 0.750. The summed E-state index contributed by atoms with van der Waals surface area (Å²) in [7, 11) is 0. The summed E-state index contributed by atoms with van der Waals surface area (Å²) in [4.78, 5) is 10.9. The summed E-state index contributed by atoms with van der Waals surface area (Å²) < 4.78 is 5.95. The Bertz CT molecular complexity index is 527. The van der Waals surface area contributed by atoms with Gasteiger partial charge in [-0.25, -0.2) is 4.98 Å². The van der Waals surface area contributed by atoms with Gasteiger partial charge in [0.05, 0.1) is 17.4 Å². The SMILES string of the molecule is CC(C)c1cc(N2CCC3(CC2)OCCC[C@H]3O)nc(N)n1. The Labute approximate surface area is 131 Å². The zero-order valence-corrected chi connectivity index (χ0v) is 13.5. The molecule has 3 heterocycles. The van der Waals surface area contributed by atoms with E-state index in [2.05, 4.69) is 28.7 Å². The number of ether oxygens (including phenoxy) is 1. The summed E-state index contributed by atoms with van der Waals surface area (Å²) in [6.45, 7) is 6.61. The Morgan fingerprint density at radius 2 is 2.09 bits per heavy atom. The first-order chi connectivity index (χ1) is 10.5. The van der Waals surface area contributed by atoms with E-state index < -0.39 is 0 Å². The zero-order chi connectivity index (χ0) is 15.7. The van der Waals surface area contributed by atoms with Crippen LogP contribution in [-0.4, -0.2) is 46.5 Å². The summed E-state index contributed by atoms with van der Waals surface area (Å²) in [5.74, 6) is 1.54. The number of hydrogen-bond acceptors (Lipinski definition) is 6. The van der Waals surface area contributed by atoms with E-state index in [4.69, 9.17) is 10.5 Å². The summed E-state index contributed by atoms with van der Waals surface area (Å²) in [5, 5.41) is 10.3. The van der Waals surface area contributed by atoms with Gasteiger partial charge in [0.15, 0.2) is 0 Å². The van der Waals surface area contributed by atoms with E-state index in [0.717, 1.165) is 56.9 Å². The van der Waals surface area contributed by atoms with Crippen molar-refractivity contribution in [3.8, 4) is 0 Å². The molecule has 2 aliphatic rings. The third kappa shape index (κ3) is 2.90. The number of nitrogens with zero attached hydrogens (tertiary/aromatic N) is 3. The lowest BCUT2D eigenvalue weighted by molar-refractivity contribution is -0.164. The van der Waals surface area contributed by atoms with E-state index in [-0.39, 0.29) is 11.7 Å². The second-order valence-corrected chi connectivity index (χ2v) is 6.72. The Hall–Kier alpha value is -1.40. The number of aromatic nitrogens is 2. The lowest BCUT2D eigenvalue weighted by Crippen LogP contribution is -2.55. The van der Waals surface area contributed by atoms with Gasteiger partial charge in [-0.05, 0) is 31.6 Å². The van der Waals surface area contributed by atoms with Gasteiger partial charge in [0.2, 0.25) is 5.95 Å². The van der Waals surface area contributed by atoms with E-state index in [0.29, 0.717) is 11.9 Å². The summed E-state index contributed by atoms with van der Waals surface area (Å²) in [6, 6.07) is 2.02. The first-order valence-electron chi connectivity index (χ1n) is 8.21. The largest absolute Gasteiger partial charge is 0.390 e. The molecule has 6 heteroatoms. The van der Waals surface area contributed by atoms with Crippen molar-refractivity contribution in [3.05, 3.63) is 11.8 Å². The first kappa shape index (κ1) is 15.5. The van der Waals surface area contributed by atoms with Crippen molar-refractivity contribution in [3.63, 3.8) is 0 Å². The van der Waals surface area contributed by atoms with Crippen LogP contribution in [0.5, 0.6) is 0 Å². The van der Waals surface area contributed by atoms with Crippen molar-refractivity contribution in [2.24, 2.45) is 0 Å². The van der Waals surface area contributed by atoms with Crippen LogP contribution in [0.2, 0.25) is 0 Å². The second kappa shape index (κ2) is 6.01. The molecular weight excluding hydrogens is 280 g/mol. The number of rotatable bonds is 2. The fourth-order valence-corrected chi connectivity index (χ4v) is 3.43. The molecule has 3 N–H and O–H groups in total. The van der Waals surface area contributed by atoms with Gasteiger partial charge < -0.3 is 20.5 Å². The van der Waals surface area contributed by atoms with Crippen molar-refractivity contribution < 1.29 is 9.84 Å². The second-order valence-electron chi connectivity index (χ2n) is 6.72. The topological polar surface area (TPSA) is 84.5 Å². The molecule has 2 saturated heterocycles. The number of hydrogen-bond donors (Lipinski definition) is 2. The van der Waals surface area contributed by atoms with Gasteiger partial charge in [-0.1, -0.05) is 13.8 Å². The average Bonchev–Trinajstić information content (AvgIpc) is 2.50. The van der Waals surface area contributed by atoms with E-state index in [1.165, 1.54) is 0 Å². The first-order valence-corrected chi connectivity index (χ1v) is 8.21. The number of aliphatic hydroxyl groups excluding tert-OH is 1. The summed E-state index contributed by atoms with van der Waals surface area (Å²) in [6.07, 6.45) is 3.11. The minimum Gasteiger partial charge on any atom is -0.390 e. The van der Waals surface area contributed by atoms with Crippen LogP contribution in [0.4, 0.5) is 11.8 Å². The predicted octanol–water partition coefficient (Wildman–Crippen LogP) is 1.69. The molecule has 0 aromatic carbocycles. The van der Waals surface area contributed by atoms with Crippen LogP contribution in [0.3, 0.4) is 0 Å². The van der Waals surface area contributed by atoms with Crippen LogP contribution in [-0.2, 0) is 4.74 Å². The fourth-order valence-electron chi connectivity index (χ4n) is 3.43. The van der Waals surface area contributed by atoms with Gasteiger partial charge in [-0.15, -0.1) is 0 Å². The number of piperidine rings is 1. The highest BCUT2D eigenvalue weighted by molar-refractivity contribution is 5.44. The molecule has 0 saturated carbocycles. The van der Waals surface area contributed by atoms with Crippen molar-refractivity contribution in [1.29, 1.82) is 0 Å².